The summed E-state index contributed by atoms with van der Waals surface area (Å²) in [4.78, 5) is 0. The van der Waals surface area contributed by atoms with Gasteiger partial charge in [0.2, 0.25) is 0 Å². The molecule has 0 unspecified atom stereocenters. The van der Waals surface area contributed by atoms with Gasteiger partial charge >= 0.3 is 0 Å². The van der Waals surface area contributed by atoms with Gasteiger partial charge in [-0.25, -0.2) is 8.78 Å². The van der Waals surface area contributed by atoms with E-state index in [1.807, 2.05) is 0 Å². The minimum absolute atomic E-state index is 0.554. The largest absolute Gasteiger partial charge is 0.310 e. The van der Waals surface area contributed by atoms with Gasteiger partial charge in [0.1, 0.15) is 0 Å². The lowest BCUT2D eigenvalue weighted by Crippen LogP contribution is -2.25. The smallest absolute Gasteiger partial charge is 0.159 e. The van der Waals surface area contributed by atoms with Crippen LogP contribution in [0.5, 0.6) is 0 Å². The molecular formula is C12H15F2N. The van der Waals surface area contributed by atoms with Gasteiger partial charge in [0.05, 0.1) is 0 Å². The lowest BCUT2D eigenvalue weighted by Gasteiger charge is -2.11. The molecule has 1 N–H and O–H groups in total. The van der Waals surface area contributed by atoms with Gasteiger partial charge in [-0.1, -0.05) is 18.9 Å². The standard InChI is InChI=1S/C12H15F2N/c13-11-6-5-9(7-12(11)14)8-15-10-3-1-2-4-10/h5-7,10,15H,1-4,8H2. The molecule has 1 nitrogen and oxygen atoms in total. The zero-order valence-electron chi connectivity index (χ0n) is 8.60. The van der Waals surface area contributed by atoms with Crippen LogP contribution in [0.1, 0.15) is 31.2 Å². The molecule has 2 rings (SSSR count). The maximum absolute atomic E-state index is 12.9. The maximum atomic E-state index is 12.9. The first-order valence-corrected chi connectivity index (χ1v) is 5.43. The highest BCUT2D eigenvalue weighted by molar-refractivity contribution is 5.17. The van der Waals surface area contributed by atoms with Crippen molar-refractivity contribution >= 4 is 0 Å². The van der Waals surface area contributed by atoms with E-state index < -0.39 is 11.6 Å². The molecule has 0 bridgehead atoms. The quantitative estimate of drug-likeness (QED) is 0.810. The van der Waals surface area contributed by atoms with Crippen molar-refractivity contribution in [3.8, 4) is 0 Å². The van der Waals surface area contributed by atoms with Crippen LogP contribution in [0, 0.1) is 11.6 Å². The average Bonchev–Trinajstić information content (AvgIpc) is 2.73. The Morgan fingerprint density at radius 3 is 2.53 bits per heavy atom. The summed E-state index contributed by atoms with van der Waals surface area (Å²) < 4.78 is 25.5. The van der Waals surface area contributed by atoms with Crippen molar-refractivity contribution < 1.29 is 8.78 Å². The molecule has 15 heavy (non-hydrogen) atoms. The Labute approximate surface area is 88.5 Å². The summed E-state index contributed by atoms with van der Waals surface area (Å²) in [6.07, 6.45) is 4.94. The van der Waals surface area contributed by atoms with Crippen molar-refractivity contribution in [2.45, 2.75) is 38.3 Å². The van der Waals surface area contributed by atoms with Crippen molar-refractivity contribution in [3.63, 3.8) is 0 Å². The van der Waals surface area contributed by atoms with E-state index in [0.29, 0.717) is 12.6 Å². The summed E-state index contributed by atoms with van der Waals surface area (Å²) in [6.45, 7) is 0.627. The molecule has 1 aromatic rings. The van der Waals surface area contributed by atoms with E-state index in [1.54, 1.807) is 6.07 Å². The van der Waals surface area contributed by atoms with Crippen LogP contribution in [0.25, 0.3) is 0 Å². The topological polar surface area (TPSA) is 12.0 Å². The average molecular weight is 211 g/mol. The molecule has 1 fully saturated rings. The second-order valence-corrected chi connectivity index (χ2v) is 4.11. The molecule has 0 atom stereocenters. The number of halogens is 2. The van der Waals surface area contributed by atoms with Crippen molar-refractivity contribution in [1.82, 2.24) is 5.32 Å². The van der Waals surface area contributed by atoms with Gasteiger partial charge in [0, 0.05) is 12.6 Å². The number of hydrogen-bond acceptors (Lipinski definition) is 1. The summed E-state index contributed by atoms with van der Waals surface area (Å²) in [5.74, 6) is -1.54. The molecule has 0 radical (unpaired) electrons. The van der Waals surface area contributed by atoms with Crippen molar-refractivity contribution in [2.75, 3.05) is 0 Å². The zero-order chi connectivity index (χ0) is 10.7. The summed E-state index contributed by atoms with van der Waals surface area (Å²) in [5, 5.41) is 3.36. The first-order valence-electron chi connectivity index (χ1n) is 5.43. The normalized spacial score (nSPS) is 17.2. The molecule has 0 heterocycles. The van der Waals surface area contributed by atoms with E-state index >= 15 is 0 Å². The monoisotopic (exact) mass is 211 g/mol. The molecule has 1 saturated carbocycles. The van der Waals surface area contributed by atoms with Gasteiger partial charge in [0.15, 0.2) is 11.6 Å². The Bertz CT molecular complexity index is 332. The lowest BCUT2D eigenvalue weighted by molar-refractivity contribution is 0.499. The number of rotatable bonds is 3. The van der Waals surface area contributed by atoms with Gasteiger partial charge < -0.3 is 5.32 Å². The predicted octanol–water partition coefficient (Wildman–Crippen LogP) is 3.00. The molecule has 1 aliphatic rings. The second kappa shape index (κ2) is 4.71. The van der Waals surface area contributed by atoms with Crippen LogP contribution in [0.15, 0.2) is 18.2 Å². The predicted molar refractivity (Wildman–Crippen MR) is 55.5 cm³/mol. The van der Waals surface area contributed by atoms with Gasteiger partial charge in [-0.3, -0.25) is 0 Å². The number of benzene rings is 1. The zero-order valence-corrected chi connectivity index (χ0v) is 8.60. The fourth-order valence-corrected chi connectivity index (χ4v) is 2.04. The molecule has 0 aromatic heterocycles. The minimum Gasteiger partial charge on any atom is -0.310 e. The third-order valence-corrected chi connectivity index (χ3v) is 2.93. The molecule has 1 aromatic carbocycles. The van der Waals surface area contributed by atoms with Gasteiger partial charge in [0.25, 0.3) is 0 Å². The Hall–Kier alpha value is -0.960. The van der Waals surface area contributed by atoms with Crippen LogP contribution in [-0.4, -0.2) is 6.04 Å². The van der Waals surface area contributed by atoms with E-state index in [1.165, 1.54) is 37.8 Å². The fraction of sp³-hybridized carbons (Fsp3) is 0.500. The highest BCUT2D eigenvalue weighted by Gasteiger charge is 2.13. The SMILES string of the molecule is Fc1ccc(CNC2CCCC2)cc1F. The molecule has 3 heteroatoms. The molecule has 82 valence electrons. The van der Waals surface area contributed by atoms with Crippen LogP contribution in [0.4, 0.5) is 8.78 Å². The first-order chi connectivity index (χ1) is 7.25. The molecule has 0 spiro atoms. The van der Waals surface area contributed by atoms with Crippen molar-refractivity contribution in [3.05, 3.63) is 35.4 Å². The Kier molecular flexibility index (Phi) is 3.31. The van der Waals surface area contributed by atoms with E-state index in [2.05, 4.69) is 5.32 Å². The van der Waals surface area contributed by atoms with Crippen LogP contribution < -0.4 is 5.32 Å². The third-order valence-electron chi connectivity index (χ3n) is 2.93. The Morgan fingerprint density at radius 1 is 1.13 bits per heavy atom. The molecule has 0 saturated heterocycles. The third kappa shape index (κ3) is 2.75. The molecular weight excluding hydrogens is 196 g/mol. The Balaban J connectivity index is 1.90. The van der Waals surface area contributed by atoms with Gasteiger partial charge in [-0.15, -0.1) is 0 Å². The number of hydrogen-bond donors (Lipinski definition) is 1. The number of nitrogens with one attached hydrogen (secondary N) is 1. The van der Waals surface area contributed by atoms with E-state index in [9.17, 15) is 8.78 Å². The Morgan fingerprint density at radius 2 is 1.87 bits per heavy atom. The summed E-state index contributed by atoms with van der Waals surface area (Å²) in [7, 11) is 0. The lowest BCUT2D eigenvalue weighted by atomic mass is 10.2. The van der Waals surface area contributed by atoms with Crippen LogP contribution >= 0.6 is 0 Å². The highest BCUT2D eigenvalue weighted by Crippen LogP contribution is 2.18. The summed E-state index contributed by atoms with van der Waals surface area (Å²) in [5.41, 5.74) is 0.806. The first kappa shape index (κ1) is 10.6. The van der Waals surface area contributed by atoms with E-state index in [-0.39, 0.29) is 0 Å². The molecule has 0 amide bonds. The van der Waals surface area contributed by atoms with Crippen molar-refractivity contribution in [2.24, 2.45) is 0 Å². The van der Waals surface area contributed by atoms with Crippen LogP contribution in [0.3, 0.4) is 0 Å². The van der Waals surface area contributed by atoms with Crippen LogP contribution in [0.2, 0.25) is 0 Å². The van der Waals surface area contributed by atoms with Crippen LogP contribution in [-0.2, 0) is 6.54 Å². The second-order valence-electron chi connectivity index (χ2n) is 4.11. The summed E-state index contributed by atoms with van der Waals surface area (Å²) in [6, 6.07) is 4.62. The summed E-state index contributed by atoms with van der Waals surface area (Å²) >= 11 is 0. The van der Waals surface area contributed by atoms with Gasteiger partial charge in [-0.05, 0) is 30.5 Å². The molecule has 1 aliphatic carbocycles. The van der Waals surface area contributed by atoms with Crippen molar-refractivity contribution in [1.29, 1.82) is 0 Å². The minimum atomic E-state index is -0.778. The van der Waals surface area contributed by atoms with E-state index in [0.717, 1.165) is 5.56 Å². The maximum Gasteiger partial charge on any atom is 0.159 e. The highest BCUT2D eigenvalue weighted by atomic mass is 19.2. The van der Waals surface area contributed by atoms with E-state index in [4.69, 9.17) is 0 Å². The fourth-order valence-electron chi connectivity index (χ4n) is 2.04. The van der Waals surface area contributed by atoms with Gasteiger partial charge in [-0.2, -0.15) is 0 Å². The molecule has 0 aliphatic heterocycles.